The highest BCUT2D eigenvalue weighted by Crippen LogP contribution is 1.99. The van der Waals surface area contributed by atoms with E-state index in [2.05, 4.69) is 16.5 Å². The fourth-order valence-corrected chi connectivity index (χ4v) is 0.441. The lowest BCUT2D eigenvalue weighted by molar-refractivity contribution is 0.539. The number of rotatable bonds is 1. The van der Waals surface area contributed by atoms with Crippen molar-refractivity contribution in [2.24, 2.45) is 0 Å². The molecule has 1 aromatic rings. The van der Waals surface area contributed by atoms with Gasteiger partial charge in [0.05, 0.1) is 0 Å². The van der Waals surface area contributed by atoms with E-state index in [1.165, 1.54) is 12.3 Å². The topological polar surface area (TPSA) is 65.9 Å². The molecule has 1 unspecified atom stereocenters. The Balaban J connectivity index is 0.000000252. The van der Waals surface area contributed by atoms with Crippen LogP contribution in [0.3, 0.4) is 0 Å². The second kappa shape index (κ2) is 6.64. The third-order valence-electron chi connectivity index (χ3n) is 0.728. The van der Waals surface area contributed by atoms with Crippen molar-refractivity contribution in [2.45, 2.75) is 0 Å². The van der Waals surface area contributed by atoms with E-state index in [0.29, 0.717) is 0 Å². The third-order valence-corrected chi connectivity index (χ3v) is 1.21. The highest BCUT2D eigenvalue weighted by atomic mass is 35.5. The molecule has 1 atom stereocenters. The Kier molecular flexibility index (Phi) is 6.21. The van der Waals surface area contributed by atoms with Gasteiger partial charge >= 0.3 is 6.08 Å². The second-order valence-corrected chi connectivity index (χ2v) is 2.82. The Labute approximate surface area is 81.8 Å². The summed E-state index contributed by atoms with van der Waals surface area (Å²) in [7, 11) is 0. The van der Waals surface area contributed by atoms with Crippen LogP contribution >= 0.6 is 11.6 Å². The van der Waals surface area contributed by atoms with Crippen molar-refractivity contribution >= 4 is 22.7 Å². The molecule has 0 aliphatic rings. The van der Waals surface area contributed by atoms with Crippen LogP contribution < -0.4 is 0 Å². The minimum atomic E-state index is -2.06. The molecule has 1 aromatic heterocycles. The van der Waals surface area contributed by atoms with Crippen molar-refractivity contribution in [1.82, 2.24) is 9.97 Å². The highest BCUT2D eigenvalue weighted by molar-refractivity contribution is 7.82. The molecule has 0 aliphatic carbocycles. The third kappa shape index (κ3) is 7.51. The molecule has 1 rings (SSSR count). The van der Waals surface area contributed by atoms with Crippen molar-refractivity contribution < 1.29 is 13.2 Å². The summed E-state index contributed by atoms with van der Waals surface area (Å²) in [5, 5.41) is 0.956. The molecular formula is C6H5ClFN2O2S-. The fraction of sp³-hybridized carbons (Fsp3) is 0. The minimum absolute atomic E-state index is 0.123. The average Bonchev–Trinajstić information content (AvgIpc) is 2.05. The number of nitrogens with zero attached hydrogens (tertiary/aromatic N) is 2. The normalized spacial score (nSPS) is 11.0. The van der Waals surface area contributed by atoms with Crippen molar-refractivity contribution in [3.05, 3.63) is 35.5 Å². The highest BCUT2D eigenvalue weighted by Gasteiger charge is 1.89. The quantitative estimate of drug-likeness (QED) is 0.409. The second-order valence-electron chi connectivity index (χ2n) is 1.58. The lowest BCUT2D eigenvalue weighted by Gasteiger charge is -1.88. The Morgan fingerprint density at radius 1 is 1.77 bits per heavy atom. The van der Waals surface area contributed by atoms with E-state index in [1.807, 2.05) is 0 Å². The number of hydrogen-bond acceptors (Lipinski definition) is 4. The summed E-state index contributed by atoms with van der Waals surface area (Å²) in [5.74, 6) is 0. The van der Waals surface area contributed by atoms with Crippen molar-refractivity contribution in [3.63, 3.8) is 0 Å². The van der Waals surface area contributed by atoms with E-state index < -0.39 is 17.2 Å². The summed E-state index contributed by atoms with van der Waals surface area (Å²) in [6, 6.07) is 1.41. The van der Waals surface area contributed by atoms with E-state index in [-0.39, 0.29) is 5.15 Å². The van der Waals surface area contributed by atoms with E-state index in [0.717, 1.165) is 5.41 Å². The molecule has 0 N–H and O–H groups in total. The first-order valence-corrected chi connectivity index (χ1v) is 4.42. The van der Waals surface area contributed by atoms with Gasteiger partial charge in [0.1, 0.15) is 5.15 Å². The number of hydrogen-bond donors (Lipinski definition) is 0. The standard InChI is InChI=1S/C4H2ClFN2.C2H4O2S/c5-3-1-2-7-4(6)8-3;1-2-5(3)4/h1-2H;2H,1H2,(H,3,4)/p-1. The lowest BCUT2D eigenvalue weighted by atomic mass is 10.7. The predicted molar refractivity (Wildman–Crippen MR) is 46.1 cm³/mol. The smallest absolute Gasteiger partial charge is 0.309 e. The lowest BCUT2D eigenvalue weighted by Crippen LogP contribution is -1.84. The number of aromatic nitrogens is 2. The van der Waals surface area contributed by atoms with Gasteiger partial charge in [0, 0.05) is 6.20 Å². The van der Waals surface area contributed by atoms with Gasteiger partial charge in [-0.1, -0.05) is 18.2 Å². The summed E-state index contributed by atoms with van der Waals surface area (Å²) in [6.45, 7) is 2.95. The first kappa shape index (κ1) is 12.2. The van der Waals surface area contributed by atoms with E-state index >= 15 is 0 Å². The summed E-state index contributed by atoms with van der Waals surface area (Å²) >= 11 is 3.20. The van der Waals surface area contributed by atoms with Gasteiger partial charge in [-0.05, 0) is 22.6 Å². The Morgan fingerprint density at radius 2 is 2.31 bits per heavy atom. The summed E-state index contributed by atoms with van der Waals surface area (Å²) in [5.41, 5.74) is 0. The van der Waals surface area contributed by atoms with Crippen LogP contribution in [0, 0.1) is 6.08 Å². The SMILES string of the molecule is C=CS(=O)[O-].Fc1nccc(Cl)n1. The van der Waals surface area contributed by atoms with E-state index in [1.54, 1.807) is 0 Å². The van der Waals surface area contributed by atoms with E-state index in [9.17, 15) is 13.2 Å². The fourth-order valence-electron chi connectivity index (χ4n) is 0.315. The van der Waals surface area contributed by atoms with E-state index in [4.69, 9.17) is 11.6 Å². The maximum Gasteiger partial charge on any atom is 0.309 e. The van der Waals surface area contributed by atoms with Crippen LogP contribution in [-0.4, -0.2) is 18.7 Å². The molecule has 0 amide bonds. The van der Waals surface area contributed by atoms with Crippen LogP contribution in [0.1, 0.15) is 0 Å². The molecule has 0 saturated heterocycles. The molecule has 72 valence electrons. The summed E-state index contributed by atoms with van der Waals surface area (Å²) in [6.07, 6.45) is 0.461. The van der Waals surface area contributed by atoms with Crippen molar-refractivity contribution in [1.29, 1.82) is 0 Å². The monoisotopic (exact) mass is 223 g/mol. The summed E-state index contributed by atoms with van der Waals surface area (Å²) in [4.78, 5) is 6.34. The Morgan fingerprint density at radius 3 is 2.54 bits per heavy atom. The molecule has 0 fully saturated rings. The molecular weight excluding hydrogens is 219 g/mol. The van der Waals surface area contributed by atoms with Crippen molar-refractivity contribution in [3.8, 4) is 0 Å². The van der Waals surface area contributed by atoms with Gasteiger partial charge in [-0.3, -0.25) is 4.21 Å². The Bertz CT molecular complexity index is 293. The van der Waals surface area contributed by atoms with Crippen LogP contribution in [0.15, 0.2) is 24.3 Å². The predicted octanol–water partition coefficient (Wildman–Crippen LogP) is 1.28. The van der Waals surface area contributed by atoms with Gasteiger partial charge in [0.15, 0.2) is 0 Å². The molecule has 0 aliphatic heterocycles. The first-order chi connectivity index (χ1) is 6.06. The molecule has 0 spiro atoms. The summed E-state index contributed by atoms with van der Waals surface area (Å²) < 4.78 is 30.4. The van der Waals surface area contributed by atoms with Gasteiger partial charge in [0.25, 0.3) is 0 Å². The molecule has 0 aromatic carbocycles. The van der Waals surface area contributed by atoms with Crippen LogP contribution in [0.2, 0.25) is 5.15 Å². The van der Waals surface area contributed by atoms with Crippen LogP contribution in [-0.2, 0) is 11.1 Å². The average molecular weight is 224 g/mol. The molecule has 0 saturated carbocycles. The maximum absolute atomic E-state index is 11.9. The van der Waals surface area contributed by atoms with Gasteiger partial charge in [0.2, 0.25) is 0 Å². The zero-order chi connectivity index (χ0) is 10.3. The van der Waals surface area contributed by atoms with Crippen LogP contribution in [0.25, 0.3) is 0 Å². The van der Waals surface area contributed by atoms with Gasteiger partial charge in [-0.25, -0.2) is 4.98 Å². The van der Waals surface area contributed by atoms with Gasteiger partial charge in [-0.15, -0.1) is 0 Å². The largest absolute Gasteiger partial charge is 0.769 e. The molecule has 7 heteroatoms. The minimum Gasteiger partial charge on any atom is -0.769 e. The van der Waals surface area contributed by atoms with Gasteiger partial charge < -0.3 is 4.55 Å². The molecule has 4 nitrogen and oxygen atoms in total. The maximum atomic E-state index is 11.9. The zero-order valence-corrected chi connectivity index (χ0v) is 7.89. The van der Waals surface area contributed by atoms with Gasteiger partial charge in [-0.2, -0.15) is 9.37 Å². The number of halogens is 2. The van der Waals surface area contributed by atoms with Crippen LogP contribution in [0.5, 0.6) is 0 Å². The molecule has 0 bridgehead atoms. The molecule has 13 heavy (non-hydrogen) atoms. The van der Waals surface area contributed by atoms with Crippen LogP contribution in [0.4, 0.5) is 4.39 Å². The first-order valence-electron chi connectivity index (χ1n) is 2.91. The molecule has 0 radical (unpaired) electrons. The molecule has 1 heterocycles. The van der Waals surface area contributed by atoms with Crippen molar-refractivity contribution in [2.75, 3.05) is 0 Å². The Hall–Kier alpha value is -0.850. The zero-order valence-electron chi connectivity index (χ0n) is 6.31.